The van der Waals surface area contributed by atoms with Gasteiger partial charge in [-0.05, 0) is 49.7 Å². The predicted molar refractivity (Wildman–Crippen MR) is 79.9 cm³/mol. The number of carbonyl (C=O) groups excluding carboxylic acids is 1. The molecule has 0 aliphatic carbocycles. The lowest BCUT2D eigenvalue weighted by molar-refractivity contribution is 0.0911. The molecule has 0 bridgehead atoms. The second-order valence-corrected chi connectivity index (χ2v) is 5.32. The summed E-state index contributed by atoms with van der Waals surface area (Å²) >= 11 is 0. The Morgan fingerprint density at radius 3 is 2.38 bits per heavy atom. The maximum atomic E-state index is 13.2. The fraction of sp³-hybridized carbons (Fsp3) is 0.235. The summed E-state index contributed by atoms with van der Waals surface area (Å²) < 4.78 is 18.3. The molecule has 0 aliphatic heterocycles. The van der Waals surface area contributed by atoms with Crippen molar-refractivity contribution < 1.29 is 13.9 Å². The van der Waals surface area contributed by atoms with E-state index >= 15 is 0 Å². The van der Waals surface area contributed by atoms with Gasteiger partial charge in [0.2, 0.25) is 0 Å². The summed E-state index contributed by atoms with van der Waals surface area (Å²) in [7, 11) is 1.60. The van der Waals surface area contributed by atoms with Crippen molar-refractivity contribution in [2.45, 2.75) is 19.4 Å². The Morgan fingerprint density at radius 2 is 1.81 bits per heavy atom. The molecule has 0 fully saturated rings. The molecule has 0 radical (unpaired) electrons. The number of amides is 1. The highest BCUT2D eigenvalue weighted by atomic mass is 19.1. The van der Waals surface area contributed by atoms with Crippen molar-refractivity contribution in [2.24, 2.45) is 0 Å². The average Bonchev–Trinajstić information content (AvgIpc) is 2.47. The van der Waals surface area contributed by atoms with Crippen LogP contribution in [0.3, 0.4) is 0 Å². The second kappa shape index (κ2) is 5.95. The zero-order valence-electron chi connectivity index (χ0n) is 12.3. The van der Waals surface area contributed by atoms with Gasteiger partial charge in [-0.25, -0.2) is 4.39 Å². The van der Waals surface area contributed by atoms with E-state index in [-0.39, 0.29) is 5.91 Å². The van der Waals surface area contributed by atoms with E-state index in [0.717, 1.165) is 11.3 Å². The van der Waals surface area contributed by atoms with E-state index in [1.54, 1.807) is 13.2 Å². The third kappa shape index (κ3) is 3.60. The molecule has 3 nitrogen and oxygen atoms in total. The van der Waals surface area contributed by atoms with Crippen LogP contribution >= 0.6 is 0 Å². The predicted octanol–water partition coefficient (Wildman–Crippen LogP) is 3.50. The molecule has 110 valence electrons. The lowest BCUT2D eigenvalue weighted by Crippen LogP contribution is -2.41. The van der Waals surface area contributed by atoms with E-state index < -0.39 is 11.4 Å². The van der Waals surface area contributed by atoms with Crippen LogP contribution in [-0.2, 0) is 5.54 Å². The van der Waals surface area contributed by atoms with Crippen molar-refractivity contribution in [3.8, 4) is 5.75 Å². The standard InChI is InChI=1S/C17H18FNO2/c1-17(2,13-7-9-15(21-3)10-8-13)19-16(20)12-5-4-6-14(18)11-12/h4-11H,1-3H3,(H,19,20). The zero-order chi connectivity index (χ0) is 15.5. The highest BCUT2D eigenvalue weighted by molar-refractivity contribution is 5.94. The molecule has 4 heteroatoms. The maximum Gasteiger partial charge on any atom is 0.252 e. The first-order valence-corrected chi connectivity index (χ1v) is 6.65. The smallest absolute Gasteiger partial charge is 0.252 e. The number of methoxy groups -OCH3 is 1. The summed E-state index contributed by atoms with van der Waals surface area (Å²) in [6.07, 6.45) is 0. The summed E-state index contributed by atoms with van der Waals surface area (Å²) in [6, 6.07) is 13.1. The van der Waals surface area contributed by atoms with Gasteiger partial charge in [-0.2, -0.15) is 0 Å². The van der Waals surface area contributed by atoms with Crippen LogP contribution < -0.4 is 10.1 Å². The molecule has 21 heavy (non-hydrogen) atoms. The molecule has 0 heterocycles. The summed E-state index contributed by atoms with van der Waals surface area (Å²) in [5.41, 5.74) is 0.667. The SMILES string of the molecule is COc1ccc(C(C)(C)NC(=O)c2cccc(F)c2)cc1. The molecule has 2 rings (SSSR count). The van der Waals surface area contributed by atoms with Crippen molar-refractivity contribution in [3.63, 3.8) is 0 Å². The van der Waals surface area contributed by atoms with Crippen LogP contribution in [0.15, 0.2) is 48.5 Å². The van der Waals surface area contributed by atoms with E-state index in [4.69, 9.17) is 4.74 Å². The number of benzene rings is 2. The molecule has 0 saturated carbocycles. The van der Waals surface area contributed by atoms with Crippen LogP contribution in [0.25, 0.3) is 0 Å². The number of rotatable bonds is 4. The number of nitrogens with one attached hydrogen (secondary N) is 1. The minimum atomic E-state index is -0.574. The largest absolute Gasteiger partial charge is 0.497 e. The molecule has 0 unspecified atom stereocenters. The Hall–Kier alpha value is -2.36. The van der Waals surface area contributed by atoms with Crippen molar-refractivity contribution in [1.82, 2.24) is 5.32 Å². The van der Waals surface area contributed by atoms with Crippen molar-refractivity contribution in [3.05, 3.63) is 65.5 Å². The van der Waals surface area contributed by atoms with Crippen LogP contribution in [0.4, 0.5) is 4.39 Å². The Bertz CT molecular complexity index is 635. The van der Waals surface area contributed by atoms with Crippen LogP contribution in [0.5, 0.6) is 5.75 Å². The molecule has 0 saturated heterocycles. The fourth-order valence-corrected chi connectivity index (χ4v) is 2.07. The summed E-state index contributed by atoms with van der Waals surface area (Å²) in [5, 5.41) is 2.91. The molecule has 0 spiro atoms. The minimum Gasteiger partial charge on any atom is -0.497 e. The molecule has 2 aromatic carbocycles. The normalized spacial score (nSPS) is 11.0. The van der Waals surface area contributed by atoms with Gasteiger partial charge in [0.15, 0.2) is 0 Å². The monoisotopic (exact) mass is 287 g/mol. The highest BCUT2D eigenvalue weighted by Crippen LogP contribution is 2.23. The Kier molecular flexibility index (Phi) is 4.26. The summed E-state index contributed by atoms with van der Waals surface area (Å²) in [4.78, 5) is 12.2. The topological polar surface area (TPSA) is 38.3 Å². The Labute approximate surface area is 123 Å². The fourth-order valence-electron chi connectivity index (χ4n) is 2.07. The minimum absolute atomic E-state index is 0.302. The molecule has 2 aromatic rings. The van der Waals surface area contributed by atoms with Crippen LogP contribution in [-0.4, -0.2) is 13.0 Å². The number of carbonyl (C=O) groups is 1. The van der Waals surface area contributed by atoms with Gasteiger partial charge in [-0.15, -0.1) is 0 Å². The Morgan fingerprint density at radius 1 is 1.14 bits per heavy atom. The molecule has 1 N–H and O–H groups in total. The number of halogens is 1. The van der Waals surface area contributed by atoms with Crippen molar-refractivity contribution >= 4 is 5.91 Å². The number of hydrogen-bond donors (Lipinski definition) is 1. The Balaban J connectivity index is 2.17. The van der Waals surface area contributed by atoms with E-state index in [9.17, 15) is 9.18 Å². The molecule has 1 amide bonds. The number of hydrogen-bond acceptors (Lipinski definition) is 2. The molecular formula is C17H18FNO2. The quantitative estimate of drug-likeness (QED) is 0.934. The highest BCUT2D eigenvalue weighted by Gasteiger charge is 2.23. The summed E-state index contributed by atoms with van der Waals surface area (Å²) in [5.74, 6) is 0.0197. The molecular weight excluding hydrogens is 269 g/mol. The van der Waals surface area contributed by atoms with Gasteiger partial charge < -0.3 is 10.1 Å². The van der Waals surface area contributed by atoms with E-state index in [2.05, 4.69) is 5.32 Å². The first kappa shape index (κ1) is 15.0. The molecule has 0 aliphatic rings. The summed E-state index contributed by atoms with van der Waals surface area (Å²) in [6.45, 7) is 3.79. The van der Waals surface area contributed by atoms with Crippen LogP contribution in [0.2, 0.25) is 0 Å². The van der Waals surface area contributed by atoms with Crippen molar-refractivity contribution in [1.29, 1.82) is 0 Å². The van der Waals surface area contributed by atoms with E-state index in [1.807, 2.05) is 38.1 Å². The molecule has 0 aromatic heterocycles. The van der Waals surface area contributed by atoms with E-state index in [0.29, 0.717) is 5.56 Å². The van der Waals surface area contributed by atoms with Crippen LogP contribution in [0.1, 0.15) is 29.8 Å². The van der Waals surface area contributed by atoms with Crippen LogP contribution in [0, 0.1) is 5.82 Å². The number of ether oxygens (including phenoxy) is 1. The lowest BCUT2D eigenvalue weighted by Gasteiger charge is -2.27. The zero-order valence-corrected chi connectivity index (χ0v) is 12.3. The third-order valence-corrected chi connectivity index (χ3v) is 3.32. The van der Waals surface area contributed by atoms with Gasteiger partial charge in [-0.1, -0.05) is 18.2 Å². The van der Waals surface area contributed by atoms with Gasteiger partial charge in [0.25, 0.3) is 5.91 Å². The average molecular weight is 287 g/mol. The van der Waals surface area contributed by atoms with Gasteiger partial charge in [0.05, 0.1) is 12.6 Å². The lowest BCUT2D eigenvalue weighted by atomic mass is 9.93. The van der Waals surface area contributed by atoms with Crippen molar-refractivity contribution in [2.75, 3.05) is 7.11 Å². The first-order chi connectivity index (χ1) is 9.92. The third-order valence-electron chi connectivity index (χ3n) is 3.32. The second-order valence-electron chi connectivity index (χ2n) is 5.32. The maximum absolute atomic E-state index is 13.2. The van der Waals surface area contributed by atoms with Gasteiger partial charge >= 0.3 is 0 Å². The molecule has 0 atom stereocenters. The van der Waals surface area contributed by atoms with Gasteiger partial charge in [0.1, 0.15) is 11.6 Å². The first-order valence-electron chi connectivity index (χ1n) is 6.65. The van der Waals surface area contributed by atoms with Gasteiger partial charge in [-0.3, -0.25) is 4.79 Å². The van der Waals surface area contributed by atoms with Gasteiger partial charge in [0, 0.05) is 5.56 Å². The van der Waals surface area contributed by atoms with E-state index in [1.165, 1.54) is 18.2 Å².